The molecule has 0 fully saturated rings. The molecule has 0 saturated carbocycles. The Bertz CT molecular complexity index is 363. The lowest BCUT2D eigenvalue weighted by atomic mass is 10.2. The SMILES string of the molecule is COc1ccc(F)cc1C#CCCO. The molecule has 0 aromatic heterocycles. The molecular formula is C11H11FO2. The first-order valence-corrected chi connectivity index (χ1v) is 4.21. The van der Waals surface area contributed by atoms with Gasteiger partial charge in [-0.05, 0) is 18.2 Å². The van der Waals surface area contributed by atoms with Gasteiger partial charge in [-0.2, -0.15) is 0 Å². The number of aliphatic hydroxyl groups excluding tert-OH is 1. The summed E-state index contributed by atoms with van der Waals surface area (Å²) in [6.07, 6.45) is 0.375. The van der Waals surface area contributed by atoms with E-state index in [1.54, 1.807) is 0 Å². The van der Waals surface area contributed by atoms with Crippen LogP contribution in [-0.4, -0.2) is 18.8 Å². The molecule has 0 bridgehead atoms. The summed E-state index contributed by atoms with van der Waals surface area (Å²) in [5.74, 6) is 5.63. The summed E-state index contributed by atoms with van der Waals surface area (Å²) < 4.78 is 17.8. The zero-order valence-corrected chi connectivity index (χ0v) is 7.88. The molecule has 1 N–H and O–H groups in total. The van der Waals surface area contributed by atoms with Gasteiger partial charge >= 0.3 is 0 Å². The molecule has 0 aliphatic rings. The molecule has 0 aliphatic heterocycles. The zero-order chi connectivity index (χ0) is 10.4. The number of benzene rings is 1. The Morgan fingerprint density at radius 2 is 2.29 bits per heavy atom. The third-order valence-corrected chi connectivity index (χ3v) is 1.62. The van der Waals surface area contributed by atoms with E-state index in [1.165, 1.54) is 25.3 Å². The van der Waals surface area contributed by atoms with Crippen molar-refractivity contribution >= 4 is 0 Å². The van der Waals surface area contributed by atoms with Crippen molar-refractivity contribution in [2.24, 2.45) is 0 Å². The predicted molar refractivity (Wildman–Crippen MR) is 51.5 cm³/mol. The van der Waals surface area contributed by atoms with E-state index in [-0.39, 0.29) is 12.4 Å². The van der Waals surface area contributed by atoms with Crippen LogP contribution in [0.3, 0.4) is 0 Å². The lowest BCUT2D eigenvalue weighted by Crippen LogP contribution is -1.89. The number of ether oxygens (including phenoxy) is 1. The Morgan fingerprint density at radius 3 is 2.93 bits per heavy atom. The van der Waals surface area contributed by atoms with E-state index in [4.69, 9.17) is 9.84 Å². The van der Waals surface area contributed by atoms with Crippen LogP contribution in [0.25, 0.3) is 0 Å². The van der Waals surface area contributed by atoms with Gasteiger partial charge in [0.05, 0.1) is 19.3 Å². The van der Waals surface area contributed by atoms with Crippen LogP contribution in [0.5, 0.6) is 5.75 Å². The van der Waals surface area contributed by atoms with E-state index in [0.717, 1.165) is 0 Å². The van der Waals surface area contributed by atoms with Gasteiger partial charge in [-0.1, -0.05) is 11.8 Å². The van der Waals surface area contributed by atoms with Gasteiger partial charge in [0.1, 0.15) is 11.6 Å². The summed E-state index contributed by atoms with van der Waals surface area (Å²) in [7, 11) is 1.50. The molecule has 0 unspecified atom stereocenters. The van der Waals surface area contributed by atoms with Gasteiger partial charge in [0.25, 0.3) is 0 Å². The third-order valence-electron chi connectivity index (χ3n) is 1.62. The first-order chi connectivity index (χ1) is 6.77. The van der Waals surface area contributed by atoms with Crippen LogP contribution in [0.4, 0.5) is 4.39 Å². The zero-order valence-electron chi connectivity index (χ0n) is 7.88. The molecule has 0 heterocycles. The molecule has 0 amide bonds. The molecule has 74 valence electrons. The standard InChI is InChI=1S/C11H11FO2/c1-14-11-6-5-10(12)8-9(11)4-2-3-7-13/h5-6,8,13H,3,7H2,1H3. The van der Waals surface area contributed by atoms with Crippen molar-refractivity contribution in [1.29, 1.82) is 0 Å². The van der Waals surface area contributed by atoms with E-state index in [0.29, 0.717) is 17.7 Å². The normalized spacial score (nSPS) is 9.07. The Hall–Kier alpha value is -1.53. The number of hydrogen-bond donors (Lipinski definition) is 1. The van der Waals surface area contributed by atoms with E-state index >= 15 is 0 Å². The Morgan fingerprint density at radius 1 is 1.50 bits per heavy atom. The highest BCUT2D eigenvalue weighted by Gasteiger charge is 2.00. The van der Waals surface area contributed by atoms with E-state index in [2.05, 4.69) is 11.8 Å². The van der Waals surface area contributed by atoms with Crippen molar-refractivity contribution < 1.29 is 14.2 Å². The average Bonchev–Trinajstić information content (AvgIpc) is 2.19. The van der Waals surface area contributed by atoms with E-state index in [9.17, 15) is 4.39 Å². The number of rotatable bonds is 2. The van der Waals surface area contributed by atoms with Crippen LogP contribution in [0.2, 0.25) is 0 Å². The maximum Gasteiger partial charge on any atom is 0.134 e. The highest BCUT2D eigenvalue weighted by molar-refractivity contribution is 5.46. The van der Waals surface area contributed by atoms with Gasteiger partial charge in [0, 0.05) is 6.42 Å². The minimum atomic E-state index is -0.348. The van der Waals surface area contributed by atoms with Crippen molar-refractivity contribution in [3.8, 4) is 17.6 Å². The summed E-state index contributed by atoms with van der Waals surface area (Å²) in [5, 5.41) is 8.52. The topological polar surface area (TPSA) is 29.5 Å². The quantitative estimate of drug-likeness (QED) is 0.724. The molecule has 0 saturated heterocycles. The number of methoxy groups -OCH3 is 1. The Kier molecular flexibility index (Phi) is 3.96. The molecule has 0 spiro atoms. The molecule has 2 nitrogen and oxygen atoms in total. The van der Waals surface area contributed by atoms with Crippen LogP contribution in [0, 0.1) is 17.7 Å². The Balaban J connectivity index is 2.94. The molecule has 1 aromatic rings. The van der Waals surface area contributed by atoms with Gasteiger partial charge in [-0.25, -0.2) is 4.39 Å². The maximum absolute atomic E-state index is 12.8. The van der Waals surface area contributed by atoms with Gasteiger partial charge in [-0.15, -0.1) is 0 Å². The summed E-state index contributed by atoms with van der Waals surface area (Å²) >= 11 is 0. The first kappa shape index (κ1) is 10.6. The van der Waals surface area contributed by atoms with Crippen LogP contribution >= 0.6 is 0 Å². The minimum absolute atomic E-state index is 0.00459. The van der Waals surface area contributed by atoms with Gasteiger partial charge in [0.2, 0.25) is 0 Å². The van der Waals surface area contributed by atoms with Crippen LogP contribution in [-0.2, 0) is 0 Å². The van der Waals surface area contributed by atoms with Crippen molar-refractivity contribution in [3.05, 3.63) is 29.6 Å². The summed E-state index contributed by atoms with van der Waals surface area (Å²) in [6, 6.07) is 4.15. The summed E-state index contributed by atoms with van der Waals surface area (Å²) in [5.41, 5.74) is 0.501. The number of aliphatic hydroxyl groups is 1. The van der Waals surface area contributed by atoms with E-state index < -0.39 is 0 Å². The fraction of sp³-hybridized carbons (Fsp3) is 0.273. The second kappa shape index (κ2) is 5.25. The van der Waals surface area contributed by atoms with Crippen molar-refractivity contribution in [1.82, 2.24) is 0 Å². The lowest BCUT2D eigenvalue weighted by molar-refractivity contribution is 0.305. The fourth-order valence-corrected chi connectivity index (χ4v) is 0.992. The molecule has 3 heteroatoms. The fourth-order valence-electron chi connectivity index (χ4n) is 0.992. The molecule has 0 radical (unpaired) electrons. The van der Waals surface area contributed by atoms with Crippen molar-refractivity contribution in [3.63, 3.8) is 0 Å². The highest BCUT2D eigenvalue weighted by atomic mass is 19.1. The maximum atomic E-state index is 12.8. The smallest absolute Gasteiger partial charge is 0.134 e. The molecule has 0 aliphatic carbocycles. The second-order valence-electron chi connectivity index (χ2n) is 2.62. The van der Waals surface area contributed by atoms with Crippen LogP contribution in [0.1, 0.15) is 12.0 Å². The molecular weight excluding hydrogens is 183 g/mol. The molecule has 0 atom stereocenters. The van der Waals surface area contributed by atoms with Crippen LogP contribution < -0.4 is 4.74 Å². The predicted octanol–water partition coefficient (Wildman–Crippen LogP) is 1.57. The monoisotopic (exact) mass is 194 g/mol. The summed E-state index contributed by atoms with van der Waals surface area (Å²) in [6.45, 7) is 0.00459. The molecule has 14 heavy (non-hydrogen) atoms. The average molecular weight is 194 g/mol. The third kappa shape index (κ3) is 2.75. The van der Waals surface area contributed by atoms with Crippen molar-refractivity contribution in [2.45, 2.75) is 6.42 Å². The van der Waals surface area contributed by atoms with Crippen molar-refractivity contribution in [2.75, 3.05) is 13.7 Å². The molecule has 1 aromatic carbocycles. The number of hydrogen-bond acceptors (Lipinski definition) is 2. The van der Waals surface area contributed by atoms with Gasteiger partial charge in [0.15, 0.2) is 0 Å². The number of halogens is 1. The Labute approximate surface area is 82.3 Å². The highest BCUT2D eigenvalue weighted by Crippen LogP contribution is 2.17. The minimum Gasteiger partial charge on any atom is -0.495 e. The lowest BCUT2D eigenvalue weighted by Gasteiger charge is -2.01. The van der Waals surface area contributed by atoms with E-state index in [1.807, 2.05) is 0 Å². The molecule has 1 rings (SSSR count). The van der Waals surface area contributed by atoms with Crippen LogP contribution in [0.15, 0.2) is 18.2 Å². The first-order valence-electron chi connectivity index (χ1n) is 4.21. The van der Waals surface area contributed by atoms with Gasteiger partial charge < -0.3 is 9.84 Å². The largest absolute Gasteiger partial charge is 0.495 e. The summed E-state index contributed by atoms with van der Waals surface area (Å²) in [4.78, 5) is 0. The second-order valence-corrected chi connectivity index (χ2v) is 2.62. The van der Waals surface area contributed by atoms with Gasteiger partial charge in [-0.3, -0.25) is 0 Å².